The van der Waals surface area contributed by atoms with Crippen LogP contribution in [-0.2, 0) is 4.74 Å². The smallest absolute Gasteiger partial charge is 0.191 e. The van der Waals surface area contributed by atoms with E-state index in [2.05, 4.69) is 0 Å². The Morgan fingerprint density at radius 1 is 1.50 bits per heavy atom. The van der Waals surface area contributed by atoms with Crippen LogP contribution in [0.2, 0.25) is 0 Å². The van der Waals surface area contributed by atoms with Gasteiger partial charge in [0, 0.05) is 12.2 Å². The largest absolute Gasteiger partial charge is 0.494 e. The molecule has 1 aliphatic carbocycles. The summed E-state index contributed by atoms with van der Waals surface area (Å²) < 4.78 is 23.9. The lowest BCUT2D eigenvalue weighted by atomic mass is 10.0. The van der Waals surface area contributed by atoms with Crippen molar-refractivity contribution in [1.82, 2.24) is 0 Å². The predicted molar refractivity (Wildman–Crippen MR) is 65.4 cm³/mol. The first-order valence-corrected chi connectivity index (χ1v) is 6.16. The summed E-state index contributed by atoms with van der Waals surface area (Å²) in [7, 11) is 1.40. The molecule has 0 aromatic heterocycles. The number of Topliss-reactive ketones (excluding diaryl/α,β-unsaturated/α-hetero) is 1. The maximum absolute atomic E-state index is 13.6. The molecule has 2 rings (SSSR count). The van der Waals surface area contributed by atoms with E-state index in [9.17, 15) is 9.18 Å². The Labute approximate surface area is 106 Å². The summed E-state index contributed by atoms with van der Waals surface area (Å²) in [6.45, 7) is 2.35. The highest BCUT2D eigenvalue weighted by molar-refractivity contribution is 6.00. The van der Waals surface area contributed by atoms with Gasteiger partial charge in [0.25, 0.3) is 0 Å². The Morgan fingerprint density at radius 2 is 2.22 bits per heavy atom. The van der Waals surface area contributed by atoms with Crippen molar-refractivity contribution in [2.24, 2.45) is 5.92 Å². The molecular formula is C14H17FO3. The number of methoxy groups -OCH3 is 1. The van der Waals surface area contributed by atoms with Crippen LogP contribution in [0.25, 0.3) is 0 Å². The number of benzene rings is 1. The van der Waals surface area contributed by atoms with Gasteiger partial charge in [-0.25, -0.2) is 4.39 Å². The van der Waals surface area contributed by atoms with Crippen LogP contribution in [0.5, 0.6) is 5.75 Å². The first kappa shape index (κ1) is 13.0. The predicted octanol–water partition coefficient (Wildman–Crippen LogP) is 2.83. The SMILES string of the molecule is CCOC(C(=O)c1ccc(OC)c(F)c1)C1CC1. The number of hydrogen-bond donors (Lipinski definition) is 0. The number of ketones is 1. The van der Waals surface area contributed by atoms with Crippen molar-refractivity contribution >= 4 is 5.78 Å². The Kier molecular flexibility index (Phi) is 3.97. The van der Waals surface area contributed by atoms with Crippen LogP contribution in [0.3, 0.4) is 0 Å². The van der Waals surface area contributed by atoms with E-state index in [1.807, 2.05) is 6.92 Å². The second-order valence-corrected chi connectivity index (χ2v) is 4.43. The monoisotopic (exact) mass is 252 g/mol. The lowest BCUT2D eigenvalue weighted by molar-refractivity contribution is 0.0374. The third kappa shape index (κ3) is 2.70. The van der Waals surface area contributed by atoms with Crippen molar-refractivity contribution in [2.45, 2.75) is 25.9 Å². The summed E-state index contributed by atoms with van der Waals surface area (Å²) in [5.74, 6) is -0.219. The van der Waals surface area contributed by atoms with Gasteiger partial charge in [-0.3, -0.25) is 4.79 Å². The summed E-state index contributed by atoms with van der Waals surface area (Å²) in [4.78, 5) is 12.2. The van der Waals surface area contributed by atoms with Gasteiger partial charge >= 0.3 is 0 Å². The molecular weight excluding hydrogens is 235 g/mol. The second-order valence-electron chi connectivity index (χ2n) is 4.43. The molecule has 1 fully saturated rings. The van der Waals surface area contributed by atoms with Gasteiger partial charge in [0.15, 0.2) is 17.3 Å². The number of hydrogen-bond acceptors (Lipinski definition) is 3. The van der Waals surface area contributed by atoms with Gasteiger partial charge in [-0.05, 0) is 43.9 Å². The highest BCUT2D eigenvalue weighted by Crippen LogP contribution is 2.36. The standard InChI is InChI=1S/C14H17FO3/c1-3-18-14(9-4-5-9)13(16)10-6-7-12(17-2)11(15)8-10/h6-9,14H,3-5H2,1-2H3. The minimum Gasteiger partial charge on any atom is -0.494 e. The molecule has 0 N–H and O–H groups in total. The maximum atomic E-state index is 13.6. The molecule has 4 heteroatoms. The molecule has 1 atom stereocenters. The van der Waals surface area contributed by atoms with Gasteiger partial charge in [0.05, 0.1) is 7.11 Å². The first-order chi connectivity index (χ1) is 8.67. The Morgan fingerprint density at radius 3 is 2.72 bits per heavy atom. The normalized spacial score (nSPS) is 16.4. The third-order valence-electron chi connectivity index (χ3n) is 3.09. The third-order valence-corrected chi connectivity index (χ3v) is 3.09. The minimum absolute atomic E-state index is 0.138. The fourth-order valence-corrected chi connectivity index (χ4v) is 1.99. The summed E-state index contributed by atoms with van der Waals surface area (Å²) in [6.07, 6.45) is 1.59. The van der Waals surface area contributed by atoms with Crippen molar-refractivity contribution in [3.8, 4) is 5.75 Å². The fraction of sp³-hybridized carbons (Fsp3) is 0.500. The van der Waals surface area contributed by atoms with Crippen LogP contribution in [0, 0.1) is 11.7 Å². The average Bonchev–Trinajstić information content (AvgIpc) is 3.19. The molecule has 1 aromatic rings. The van der Waals surface area contributed by atoms with E-state index < -0.39 is 11.9 Å². The van der Waals surface area contributed by atoms with E-state index in [0.29, 0.717) is 18.1 Å². The highest BCUT2D eigenvalue weighted by Gasteiger charge is 2.37. The summed E-state index contributed by atoms with van der Waals surface area (Å²) >= 11 is 0. The van der Waals surface area contributed by atoms with Crippen molar-refractivity contribution < 1.29 is 18.7 Å². The lowest BCUT2D eigenvalue weighted by Gasteiger charge is -2.15. The van der Waals surface area contributed by atoms with E-state index in [-0.39, 0.29) is 11.5 Å². The topological polar surface area (TPSA) is 35.5 Å². The highest BCUT2D eigenvalue weighted by atomic mass is 19.1. The van der Waals surface area contributed by atoms with Crippen LogP contribution in [0.4, 0.5) is 4.39 Å². The van der Waals surface area contributed by atoms with Gasteiger partial charge < -0.3 is 9.47 Å². The Hall–Kier alpha value is -1.42. The molecule has 3 nitrogen and oxygen atoms in total. The van der Waals surface area contributed by atoms with Crippen LogP contribution < -0.4 is 4.74 Å². The van der Waals surface area contributed by atoms with Crippen LogP contribution in [0.15, 0.2) is 18.2 Å². The zero-order valence-corrected chi connectivity index (χ0v) is 10.6. The van der Waals surface area contributed by atoms with Crippen LogP contribution in [0.1, 0.15) is 30.1 Å². The quantitative estimate of drug-likeness (QED) is 0.730. The molecule has 0 bridgehead atoms. The summed E-state index contributed by atoms with van der Waals surface area (Å²) in [5, 5.41) is 0. The number of halogens is 1. The van der Waals surface area contributed by atoms with Gasteiger partial charge in [0.1, 0.15) is 6.10 Å². The molecule has 0 saturated heterocycles. The molecule has 0 radical (unpaired) electrons. The molecule has 1 aliphatic rings. The molecule has 1 aromatic carbocycles. The zero-order chi connectivity index (χ0) is 13.1. The molecule has 18 heavy (non-hydrogen) atoms. The molecule has 0 aliphatic heterocycles. The zero-order valence-electron chi connectivity index (χ0n) is 10.6. The van der Waals surface area contributed by atoms with Gasteiger partial charge in [0.2, 0.25) is 0 Å². The summed E-state index contributed by atoms with van der Waals surface area (Å²) in [6, 6.07) is 4.27. The van der Waals surface area contributed by atoms with Crippen molar-refractivity contribution in [3.63, 3.8) is 0 Å². The molecule has 1 saturated carbocycles. The van der Waals surface area contributed by atoms with Crippen LogP contribution >= 0.6 is 0 Å². The molecule has 98 valence electrons. The minimum atomic E-state index is -0.519. The second kappa shape index (κ2) is 5.48. The molecule has 0 amide bonds. The van der Waals surface area contributed by atoms with E-state index in [4.69, 9.17) is 9.47 Å². The van der Waals surface area contributed by atoms with E-state index >= 15 is 0 Å². The number of carbonyl (C=O) groups is 1. The van der Waals surface area contributed by atoms with Crippen molar-refractivity contribution in [3.05, 3.63) is 29.6 Å². The summed E-state index contributed by atoms with van der Waals surface area (Å²) in [5.41, 5.74) is 0.346. The van der Waals surface area contributed by atoms with Gasteiger partial charge in [-0.1, -0.05) is 0 Å². The average molecular weight is 252 g/mol. The Bertz CT molecular complexity index is 441. The fourth-order valence-electron chi connectivity index (χ4n) is 1.99. The number of ether oxygens (including phenoxy) is 2. The van der Waals surface area contributed by atoms with E-state index in [1.54, 1.807) is 6.07 Å². The molecule has 1 unspecified atom stereocenters. The first-order valence-electron chi connectivity index (χ1n) is 6.16. The Balaban J connectivity index is 2.18. The van der Waals surface area contributed by atoms with Crippen molar-refractivity contribution in [1.29, 1.82) is 0 Å². The van der Waals surface area contributed by atoms with E-state index in [1.165, 1.54) is 19.2 Å². The van der Waals surface area contributed by atoms with Gasteiger partial charge in [-0.2, -0.15) is 0 Å². The number of carbonyl (C=O) groups excluding carboxylic acids is 1. The van der Waals surface area contributed by atoms with E-state index in [0.717, 1.165) is 12.8 Å². The molecule has 0 heterocycles. The molecule has 0 spiro atoms. The van der Waals surface area contributed by atoms with Gasteiger partial charge in [-0.15, -0.1) is 0 Å². The lowest BCUT2D eigenvalue weighted by Crippen LogP contribution is -2.26. The van der Waals surface area contributed by atoms with Crippen LogP contribution in [-0.4, -0.2) is 25.6 Å². The van der Waals surface area contributed by atoms with Crippen molar-refractivity contribution in [2.75, 3.05) is 13.7 Å². The number of rotatable bonds is 6. The maximum Gasteiger partial charge on any atom is 0.191 e.